The second kappa shape index (κ2) is 6.28. The number of piperazine rings is 1. The van der Waals surface area contributed by atoms with Crippen molar-refractivity contribution in [2.24, 2.45) is 0 Å². The summed E-state index contributed by atoms with van der Waals surface area (Å²) < 4.78 is 1.88. The summed E-state index contributed by atoms with van der Waals surface area (Å²) in [5, 5.41) is 7.86. The van der Waals surface area contributed by atoms with Crippen molar-refractivity contribution >= 4 is 11.6 Å². The maximum atomic E-state index is 12.5. The van der Waals surface area contributed by atoms with Crippen LogP contribution in [-0.4, -0.2) is 51.1 Å². The van der Waals surface area contributed by atoms with Crippen molar-refractivity contribution in [3.05, 3.63) is 28.7 Å². The van der Waals surface area contributed by atoms with Crippen LogP contribution < -0.4 is 5.32 Å². The Morgan fingerprint density at radius 3 is 2.91 bits per heavy atom. The largest absolute Gasteiger partial charge is 0.340 e. The molecule has 0 spiro atoms. The van der Waals surface area contributed by atoms with Gasteiger partial charge in [-0.1, -0.05) is 0 Å². The highest BCUT2D eigenvalue weighted by atomic mass is 16.2. The molecule has 0 unspecified atom stereocenters. The van der Waals surface area contributed by atoms with Crippen LogP contribution in [0.1, 0.15) is 36.0 Å². The number of aryl methyl sites for hydroxylation is 3. The van der Waals surface area contributed by atoms with Crippen molar-refractivity contribution in [1.29, 1.82) is 0 Å². The Bertz CT molecular complexity index is 736. The first kappa shape index (κ1) is 15.9. The standard InChI is InChI=1S/C17H25N5O/c1-11-9-16-19-13(3)15(14(4)22(16)20-11)5-6-17(23)21-8-7-18-12(2)10-21/h9,12,18H,5-8,10H2,1-4H3/t12-/m1/s1. The zero-order valence-corrected chi connectivity index (χ0v) is 14.4. The first-order valence-electron chi connectivity index (χ1n) is 8.29. The molecule has 1 fully saturated rings. The monoisotopic (exact) mass is 315 g/mol. The summed E-state index contributed by atoms with van der Waals surface area (Å²) in [6, 6.07) is 2.36. The predicted octanol–water partition coefficient (Wildman–Crippen LogP) is 1.41. The predicted molar refractivity (Wildman–Crippen MR) is 89.6 cm³/mol. The van der Waals surface area contributed by atoms with Crippen LogP contribution in [0.15, 0.2) is 6.07 Å². The van der Waals surface area contributed by atoms with E-state index < -0.39 is 0 Å². The van der Waals surface area contributed by atoms with Crippen molar-refractivity contribution in [2.75, 3.05) is 19.6 Å². The van der Waals surface area contributed by atoms with Crippen molar-refractivity contribution in [3.8, 4) is 0 Å². The number of nitrogens with zero attached hydrogens (tertiary/aromatic N) is 4. The van der Waals surface area contributed by atoms with Gasteiger partial charge in [-0.2, -0.15) is 5.10 Å². The smallest absolute Gasteiger partial charge is 0.223 e. The van der Waals surface area contributed by atoms with Crippen LogP contribution >= 0.6 is 0 Å². The summed E-state index contributed by atoms with van der Waals surface area (Å²) in [4.78, 5) is 19.1. The Morgan fingerprint density at radius 2 is 2.17 bits per heavy atom. The molecule has 0 bridgehead atoms. The molecule has 6 nitrogen and oxygen atoms in total. The third-order valence-corrected chi connectivity index (χ3v) is 4.60. The molecule has 6 heteroatoms. The molecule has 1 amide bonds. The third kappa shape index (κ3) is 3.22. The van der Waals surface area contributed by atoms with Crippen LogP contribution in [0.5, 0.6) is 0 Å². The first-order chi connectivity index (χ1) is 11.0. The number of carbonyl (C=O) groups is 1. The molecular formula is C17H25N5O. The minimum absolute atomic E-state index is 0.230. The second-order valence-electron chi connectivity index (χ2n) is 6.51. The highest BCUT2D eigenvalue weighted by Gasteiger charge is 2.21. The topological polar surface area (TPSA) is 62.5 Å². The van der Waals surface area contributed by atoms with E-state index in [4.69, 9.17) is 0 Å². The molecule has 1 atom stereocenters. The molecule has 3 heterocycles. The van der Waals surface area contributed by atoms with E-state index in [-0.39, 0.29) is 5.91 Å². The number of nitrogens with one attached hydrogen (secondary N) is 1. The second-order valence-corrected chi connectivity index (χ2v) is 6.51. The van der Waals surface area contributed by atoms with E-state index in [2.05, 4.69) is 29.2 Å². The highest BCUT2D eigenvalue weighted by Crippen LogP contribution is 2.17. The van der Waals surface area contributed by atoms with Gasteiger partial charge >= 0.3 is 0 Å². The first-order valence-corrected chi connectivity index (χ1v) is 8.29. The average molecular weight is 315 g/mol. The molecule has 1 aliphatic heterocycles. The summed E-state index contributed by atoms with van der Waals surface area (Å²) in [7, 11) is 0. The van der Waals surface area contributed by atoms with Gasteiger partial charge < -0.3 is 10.2 Å². The van der Waals surface area contributed by atoms with Gasteiger partial charge in [-0.15, -0.1) is 0 Å². The lowest BCUT2D eigenvalue weighted by atomic mass is 10.1. The minimum atomic E-state index is 0.230. The zero-order chi connectivity index (χ0) is 16.6. The molecule has 1 N–H and O–H groups in total. The number of aromatic nitrogens is 3. The number of hydrogen-bond acceptors (Lipinski definition) is 4. The van der Waals surface area contributed by atoms with E-state index in [1.165, 1.54) is 0 Å². The molecule has 0 radical (unpaired) electrons. The number of rotatable bonds is 3. The molecule has 124 valence electrons. The fraction of sp³-hybridized carbons (Fsp3) is 0.588. The van der Waals surface area contributed by atoms with Crippen LogP contribution in [0, 0.1) is 20.8 Å². The van der Waals surface area contributed by atoms with Crippen LogP contribution in [-0.2, 0) is 11.2 Å². The van der Waals surface area contributed by atoms with E-state index in [1.54, 1.807) is 0 Å². The zero-order valence-electron chi connectivity index (χ0n) is 14.4. The number of hydrogen-bond donors (Lipinski definition) is 1. The SMILES string of the molecule is Cc1cc2nc(C)c(CCC(=O)N3CCN[C@H](C)C3)c(C)n2n1. The van der Waals surface area contributed by atoms with Gasteiger partial charge in [0.1, 0.15) is 0 Å². The molecule has 2 aromatic rings. The van der Waals surface area contributed by atoms with Crippen molar-refractivity contribution in [1.82, 2.24) is 24.8 Å². The van der Waals surface area contributed by atoms with Crippen LogP contribution in [0.2, 0.25) is 0 Å². The molecule has 23 heavy (non-hydrogen) atoms. The number of amides is 1. The van der Waals surface area contributed by atoms with Gasteiger partial charge in [-0.25, -0.2) is 9.50 Å². The Morgan fingerprint density at radius 1 is 1.39 bits per heavy atom. The van der Waals surface area contributed by atoms with Gasteiger partial charge in [-0.3, -0.25) is 4.79 Å². The van der Waals surface area contributed by atoms with Gasteiger partial charge in [0, 0.05) is 49.6 Å². The average Bonchev–Trinajstić information content (AvgIpc) is 2.87. The van der Waals surface area contributed by atoms with Gasteiger partial charge in [0.15, 0.2) is 5.65 Å². The molecule has 0 saturated carbocycles. The third-order valence-electron chi connectivity index (χ3n) is 4.60. The molecular weight excluding hydrogens is 290 g/mol. The van der Waals surface area contributed by atoms with Crippen molar-refractivity contribution in [3.63, 3.8) is 0 Å². The molecule has 0 aromatic carbocycles. The summed E-state index contributed by atoms with van der Waals surface area (Å²) in [5.41, 5.74) is 5.06. The Balaban J connectivity index is 1.75. The van der Waals surface area contributed by atoms with Crippen LogP contribution in [0.4, 0.5) is 0 Å². The Kier molecular flexibility index (Phi) is 4.35. The van der Waals surface area contributed by atoms with Gasteiger partial charge in [0.2, 0.25) is 5.91 Å². The van der Waals surface area contributed by atoms with Gasteiger partial charge in [0.05, 0.1) is 5.69 Å². The Labute approximate surface area is 136 Å². The van der Waals surface area contributed by atoms with Crippen molar-refractivity contribution in [2.45, 2.75) is 46.6 Å². The Hall–Kier alpha value is -1.95. The van der Waals surface area contributed by atoms with Crippen LogP contribution in [0.25, 0.3) is 5.65 Å². The fourth-order valence-corrected chi connectivity index (χ4v) is 3.35. The summed E-state index contributed by atoms with van der Waals surface area (Å²) in [6.45, 7) is 10.6. The summed E-state index contributed by atoms with van der Waals surface area (Å²) >= 11 is 0. The molecule has 1 aliphatic rings. The lowest BCUT2D eigenvalue weighted by Gasteiger charge is -2.32. The minimum Gasteiger partial charge on any atom is -0.340 e. The molecule has 0 aliphatic carbocycles. The lowest BCUT2D eigenvalue weighted by Crippen LogP contribution is -2.51. The van der Waals surface area contributed by atoms with Gasteiger partial charge in [-0.05, 0) is 39.7 Å². The molecule has 2 aromatic heterocycles. The maximum Gasteiger partial charge on any atom is 0.223 e. The lowest BCUT2D eigenvalue weighted by molar-refractivity contribution is -0.132. The highest BCUT2D eigenvalue weighted by molar-refractivity contribution is 5.76. The van der Waals surface area contributed by atoms with E-state index >= 15 is 0 Å². The van der Waals surface area contributed by atoms with E-state index in [0.717, 1.165) is 54.3 Å². The number of fused-ring (bicyclic) bond motifs is 1. The summed E-state index contributed by atoms with van der Waals surface area (Å²) in [6.07, 6.45) is 1.25. The normalized spacial score (nSPS) is 18.6. The fourth-order valence-electron chi connectivity index (χ4n) is 3.35. The van der Waals surface area contributed by atoms with Gasteiger partial charge in [0.25, 0.3) is 0 Å². The number of carbonyl (C=O) groups excluding carboxylic acids is 1. The van der Waals surface area contributed by atoms with Crippen molar-refractivity contribution < 1.29 is 4.79 Å². The summed E-state index contributed by atoms with van der Waals surface area (Å²) in [5.74, 6) is 0.230. The van der Waals surface area contributed by atoms with Crippen LogP contribution in [0.3, 0.4) is 0 Å². The molecule has 3 rings (SSSR count). The van der Waals surface area contributed by atoms with E-state index in [9.17, 15) is 4.79 Å². The van der Waals surface area contributed by atoms with E-state index in [0.29, 0.717) is 12.5 Å². The quantitative estimate of drug-likeness (QED) is 0.930. The van der Waals surface area contributed by atoms with E-state index in [1.807, 2.05) is 29.3 Å². The molecule has 1 saturated heterocycles. The maximum absolute atomic E-state index is 12.5.